The van der Waals surface area contributed by atoms with Crippen molar-refractivity contribution in [1.29, 1.82) is 0 Å². The molecule has 0 saturated carbocycles. The lowest BCUT2D eigenvalue weighted by Gasteiger charge is -2.21. The van der Waals surface area contributed by atoms with E-state index in [-0.39, 0.29) is 23.9 Å². The summed E-state index contributed by atoms with van der Waals surface area (Å²) in [5.41, 5.74) is 1.70. The van der Waals surface area contributed by atoms with Gasteiger partial charge in [0.2, 0.25) is 5.91 Å². The third kappa shape index (κ3) is 5.68. The fraction of sp³-hybridized carbons (Fsp3) is 0.261. The zero-order chi connectivity index (χ0) is 22.5. The van der Waals surface area contributed by atoms with E-state index in [2.05, 4.69) is 15.6 Å². The fourth-order valence-corrected chi connectivity index (χ4v) is 4.10. The number of thiazole rings is 1. The number of aromatic nitrogens is 1. The number of benzene rings is 2. The van der Waals surface area contributed by atoms with E-state index in [1.54, 1.807) is 6.07 Å². The molecule has 3 rings (SSSR count). The molecule has 3 aromatic rings. The summed E-state index contributed by atoms with van der Waals surface area (Å²) >= 11 is 7.44. The van der Waals surface area contributed by atoms with Crippen molar-refractivity contribution in [3.8, 4) is 11.3 Å². The number of nitrogens with zero attached hydrogens (tertiary/aromatic N) is 1. The van der Waals surface area contributed by atoms with E-state index in [0.717, 1.165) is 21.1 Å². The molecule has 0 radical (unpaired) electrons. The molecule has 162 valence electrons. The fourth-order valence-electron chi connectivity index (χ4n) is 3.07. The van der Waals surface area contributed by atoms with Gasteiger partial charge in [0.05, 0.1) is 17.8 Å². The SMILES string of the molecule is Cc1sc(CNC(=O)C(NC(=O)c2ccccc2F)C(C)C)nc1-c1ccc(Cl)cc1. The third-order valence-corrected chi connectivity index (χ3v) is 5.95. The molecule has 1 heterocycles. The smallest absolute Gasteiger partial charge is 0.254 e. The van der Waals surface area contributed by atoms with Gasteiger partial charge >= 0.3 is 0 Å². The zero-order valence-electron chi connectivity index (χ0n) is 17.4. The van der Waals surface area contributed by atoms with Crippen molar-refractivity contribution in [3.05, 3.63) is 74.8 Å². The monoisotopic (exact) mass is 459 g/mol. The maximum absolute atomic E-state index is 13.9. The molecule has 1 unspecified atom stereocenters. The van der Waals surface area contributed by atoms with Gasteiger partial charge in [-0.15, -0.1) is 11.3 Å². The zero-order valence-corrected chi connectivity index (χ0v) is 19.0. The minimum absolute atomic E-state index is 0.0934. The van der Waals surface area contributed by atoms with Crippen molar-refractivity contribution in [1.82, 2.24) is 15.6 Å². The molecular formula is C23H23ClFN3O2S. The number of amides is 2. The van der Waals surface area contributed by atoms with Crippen molar-refractivity contribution in [2.24, 2.45) is 5.92 Å². The first-order valence-corrected chi connectivity index (χ1v) is 11.0. The van der Waals surface area contributed by atoms with Crippen LogP contribution in [-0.4, -0.2) is 22.8 Å². The summed E-state index contributed by atoms with van der Waals surface area (Å²) in [6.07, 6.45) is 0. The van der Waals surface area contributed by atoms with E-state index in [0.29, 0.717) is 5.02 Å². The van der Waals surface area contributed by atoms with Gasteiger partial charge in [-0.2, -0.15) is 0 Å². The Morgan fingerprint density at radius 1 is 1.13 bits per heavy atom. The van der Waals surface area contributed by atoms with E-state index in [4.69, 9.17) is 11.6 Å². The number of carbonyl (C=O) groups excluding carboxylic acids is 2. The molecule has 2 N–H and O–H groups in total. The van der Waals surface area contributed by atoms with Crippen molar-refractivity contribution in [3.63, 3.8) is 0 Å². The van der Waals surface area contributed by atoms with Gasteiger partial charge < -0.3 is 10.6 Å². The van der Waals surface area contributed by atoms with Gasteiger partial charge in [-0.1, -0.05) is 49.7 Å². The van der Waals surface area contributed by atoms with Gasteiger partial charge in [0, 0.05) is 15.5 Å². The van der Waals surface area contributed by atoms with E-state index < -0.39 is 17.8 Å². The Morgan fingerprint density at radius 2 is 1.81 bits per heavy atom. The summed E-state index contributed by atoms with van der Waals surface area (Å²) in [4.78, 5) is 30.8. The highest BCUT2D eigenvalue weighted by atomic mass is 35.5. The second kappa shape index (κ2) is 10.0. The average Bonchev–Trinajstić information content (AvgIpc) is 3.11. The Bertz CT molecular complexity index is 1080. The lowest BCUT2D eigenvalue weighted by Crippen LogP contribution is -2.49. The van der Waals surface area contributed by atoms with Crippen molar-refractivity contribution in [2.45, 2.75) is 33.4 Å². The van der Waals surface area contributed by atoms with Crippen LogP contribution in [0.5, 0.6) is 0 Å². The molecule has 0 saturated heterocycles. The number of hydrogen-bond donors (Lipinski definition) is 2. The van der Waals surface area contributed by atoms with Gasteiger partial charge in [-0.25, -0.2) is 9.37 Å². The normalized spacial score (nSPS) is 11.9. The lowest BCUT2D eigenvalue weighted by atomic mass is 10.0. The van der Waals surface area contributed by atoms with E-state index in [1.165, 1.54) is 29.5 Å². The molecule has 0 aliphatic rings. The summed E-state index contributed by atoms with van der Waals surface area (Å²) in [6.45, 7) is 5.84. The summed E-state index contributed by atoms with van der Waals surface area (Å²) < 4.78 is 13.9. The van der Waals surface area contributed by atoms with Crippen LogP contribution in [0.2, 0.25) is 5.02 Å². The molecule has 1 aromatic heterocycles. The van der Waals surface area contributed by atoms with Crippen LogP contribution in [0.4, 0.5) is 4.39 Å². The highest BCUT2D eigenvalue weighted by Gasteiger charge is 2.25. The van der Waals surface area contributed by atoms with E-state index in [9.17, 15) is 14.0 Å². The van der Waals surface area contributed by atoms with Crippen LogP contribution < -0.4 is 10.6 Å². The first-order valence-electron chi connectivity index (χ1n) is 9.81. The quantitative estimate of drug-likeness (QED) is 0.523. The molecule has 0 aliphatic heterocycles. The Balaban J connectivity index is 1.67. The maximum atomic E-state index is 13.9. The maximum Gasteiger partial charge on any atom is 0.254 e. The largest absolute Gasteiger partial charge is 0.348 e. The van der Waals surface area contributed by atoms with Gasteiger partial charge in [0.1, 0.15) is 16.9 Å². The van der Waals surface area contributed by atoms with Gasteiger partial charge in [-0.3, -0.25) is 9.59 Å². The van der Waals surface area contributed by atoms with Crippen molar-refractivity contribution in [2.75, 3.05) is 0 Å². The summed E-state index contributed by atoms with van der Waals surface area (Å²) in [5.74, 6) is -1.78. The van der Waals surface area contributed by atoms with Gasteiger partial charge in [0.15, 0.2) is 0 Å². The topological polar surface area (TPSA) is 71.1 Å². The summed E-state index contributed by atoms with van der Waals surface area (Å²) in [6, 6.07) is 12.3. The van der Waals surface area contributed by atoms with Crippen LogP contribution in [0.15, 0.2) is 48.5 Å². The van der Waals surface area contributed by atoms with Crippen molar-refractivity contribution < 1.29 is 14.0 Å². The van der Waals surface area contributed by atoms with Crippen LogP contribution in [0, 0.1) is 18.7 Å². The molecular weight excluding hydrogens is 437 g/mol. The van der Waals surface area contributed by atoms with Gasteiger partial charge in [0.25, 0.3) is 5.91 Å². The van der Waals surface area contributed by atoms with E-state index >= 15 is 0 Å². The number of hydrogen-bond acceptors (Lipinski definition) is 4. The van der Waals surface area contributed by atoms with Crippen LogP contribution >= 0.6 is 22.9 Å². The van der Waals surface area contributed by atoms with Crippen molar-refractivity contribution >= 4 is 34.8 Å². The predicted octanol–water partition coefficient (Wildman–Crippen LogP) is 4.98. The highest BCUT2D eigenvalue weighted by molar-refractivity contribution is 7.12. The second-order valence-electron chi connectivity index (χ2n) is 7.41. The molecule has 0 spiro atoms. The molecule has 0 bridgehead atoms. The first kappa shape index (κ1) is 22.9. The Kier molecular flexibility index (Phi) is 7.41. The van der Waals surface area contributed by atoms with E-state index in [1.807, 2.05) is 45.0 Å². The third-order valence-electron chi connectivity index (χ3n) is 4.73. The Morgan fingerprint density at radius 3 is 2.45 bits per heavy atom. The Hall–Kier alpha value is -2.77. The molecule has 0 fully saturated rings. The molecule has 2 aromatic carbocycles. The average molecular weight is 460 g/mol. The summed E-state index contributed by atoms with van der Waals surface area (Å²) in [7, 11) is 0. The second-order valence-corrected chi connectivity index (χ2v) is 9.14. The lowest BCUT2D eigenvalue weighted by molar-refractivity contribution is -0.124. The predicted molar refractivity (Wildman–Crippen MR) is 122 cm³/mol. The molecule has 0 aliphatic carbocycles. The molecule has 2 amide bonds. The number of halogens is 2. The Labute approximate surface area is 189 Å². The molecule has 5 nitrogen and oxygen atoms in total. The van der Waals surface area contributed by atoms with Crippen LogP contribution in [0.25, 0.3) is 11.3 Å². The number of carbonyl (C=O) groups is 2. The molecule has 1 atom stereocenters. The number of rotatable bonds is 7. The first-order chi connectivity index (χ1) is 14.8. The van der Waals surface area contributed by atoms with Gasteiger partial charge in [-0.05, 0) is 37.1 Å². The minimum Gasteiger partial charge on any atom is -0.348 e. The van der Waals surface area contributed by atoms with Crippen LogP contribution in [0.1, 0.15) is 34.1 Å². The van der Waals surface area contributed by atoms with Crippen LogP contribution in [-0.2, 0) is 11.3 Å². The molecule has 8 heteroatoms. The molecule has 31 heavy (non-hydrogen) atoms. The minimum atomic E-state index is -0.802. The standard InChI is InChI=1S/C23H23ClFN3O2S/c1-13(2)20(28-22(29)17-6-4-5-7-18(17)25)23(30)26-12-19-27-21(14(3)31-19)15-8-10-16(24)11-9-15/h4-11,13,20H,12H2,1-3H3,(H,26,30)(H,28,29). The van der Waals surface area contributed by atoms with Crippen LogP contribution in [0.3, 0.4) is 0 Å². The highest BCUT2D eigenvalue weighted by Crippen LogP contribution is 2.28. The summed E-state index contributed by atoms with van der Waals surface area (Å²) in [5, 5.41) is 6.87. The number of nitrogens with one attached hydrogen (secondary N) is 2. The number of aryl methyl sites for hydroxylation is 1.